The topological polar surface area (TPSA) is 56.3 Å². The first-order chi connectivity index (χ1) is 13.5. The Labute approximate surface area is 164 Å². The Morgan fingerprint density at radius 3 is 2.43 bits per heavy atom. The Morgan fingerprint density at radius 2 is 1.68 bits per heavy atom. The zero-order valence-corrected chi connectivity index (χ0v) is 16.3. The van der Waals surface area contributed by atoms with Crippen LogP contribution in [0.2, 0.25) is 0 Å². The summed E-state index contributed by atoms with van der Waals surface area (Å²) >= 11 is 0. The van der Waals surface area contributed by atoms with Crippen molar-refractivity contribution < 1.29 is 9.90 Å². The first kappa shape index (κ1) is 18.1. The van der Waals surface area contributed by atoms with Crippen LogP contribution >= 0.6 is 0 Å². The summed E-state index contributed by atoms with van der Waals surface area (Å²) in [4.78, 5) is 18.8. The summed E-state index contributed by atoms with van der Waals surface area (Å²) in [5.41, 5.74) is 2.67. The number of hydrogen-bond donors (Lipinski definition) is 2. The molecule has 0 aliphatic rings. The molecule has 2 N–H and O–H groups in total. The van der Waals surface area contributed by atoms with Gasteiger partial charge >= 0.3 is 0 Å². The van der Waals surface area contributed by atoms with Gasteiger partial charge in [-0.2, -0.15) is 0 Å². The van der Waals surface area contributed by atoms with Gasteiger partial charge in [0.25, 0.3) is 5.91 Å². The number of aromatic nitrogens is 1. The summed E-state index contributed by atoms with van der Waals surface area (Å²) < 4.78 is 0. The van der Waals surface area contributed by atoms with Crippen molar-refractivity contribution in [2.75, 3.05) is 0 Å². The van der Waals surface area contributed by atoms with Crippen LogP contribution in [0.25, 0.3) is 21.7 Å². The van der Waals surface area contributed by atoms with Crippen molar-refractivity contribution in [2.45, 2.75) is 32.9 Å². The van der Waals surface area contributed by atoms with Gasteiger partial charge in [0, 0.05) is 28.5 Å². The average molecular weight is 372 g/mol. The van der Waals surface area contributed by atoms with Gasteiger partial charge in [0.05, 0.1) is 11.6 Å². The normalized spacial score (nSPS) is 12.6. The number of aromatic hydroxyl groups is 1. The van der Waals surface area contributed by atoms with E-state index in [0.29, 0.717) is 10.9 Å². The Hall–Kier alpha value is -3.27. The highest BCUT2D eigenvalue weighted by atomic mass is 16.3. The van der Waals surface area contributed by atoms with E-state index < -0.39 is 0 Å². The summed E-state index contributed by atoms with van der Waals surface area (Å²) in [6.45, 7) is 6.10. The Morgan fingerprint density at radius 1 is 0.964 bits per heavy atom. The molecule has 1 heterocycles. The van der Waals surface area contributed by atoms with Crippen molar-refractivity contribution in [3.05, 3.63) is 78.0 Å². The maximum Gasteiger partial charge on any atom is 0.255 e. The molecule has 142 valence electrons. The van der Waals surface area contributed by atoms with Crippen LogP contribution in [0.5, 0.6) is 5.75 Å². The van der Waals surface area contributed by atoms with Gasteiger partial charge in [-0.3, -0.25) is 4.79 Å². The minimum Gasteiger partial charge on any atom is -0.507 e. The van der Waals surface area contributed by atoms with Crippen LogP contribution in [0, 0.1) is 0 Å². The highest BCUT2D eigenvalue weighted by Crippen LogP contribution is 2.34. The number of para-hydroxylation sites is 1. The first-order valence-corrected chi connectivity index (χ1v) is 9.58. The van der Waals surface area contributed by atoms with Crippen LogP contribution in [0.4, 0.5) is 0 Å². The van der Waals surface area contributed by atoms with E-state index in [1.807, 2.05) is 61.3 Å². The van der Waals surface area contributed by atoms with Gasteiger partial charge in [0.15, 0.2) is 0 Å². The average Bonchev–Trinajstić information content (AvgIpc) is 3.11. The number of amides is 1. The number of nitrogens with one attached hydrogen (secondary N) is 1. The summed E-state index contributed by atoms with van der Waals surface area (Å²) in [6, 6.07) is 18.9. The summed E-state index contributed by atoms with van der Waals surface area (Å²) in [5.74, 6) is 0.0461. The maximum absolute atomic E-state index is 13.6. The van der Waals surface area contributed by atoms with Crippen molar-refractivity contribution in [1.29, 1.82) is 0 Å². The van der Waals surface area contributed by atoms with Crippen LogP contribution in [-0.2, 0) is 0 Å². The number of aromatic amines is 1. The van der Waals surface area contributed by atoms with Crippen molar-refractivity contribution >= 4 is 27.6 Å². The SMILES string of the molecule is CC(C)N(C(=O)c1cccc2cccc(O)c12)[C@@H](C)c1c[nH]c2ccccc12. The smallest absolute Gasteiger partial charge is 0.255 e. The molecule has 0 aliphatic heterocycles. The zero-order chi connectivity index (χ0) is 19.8. The Balaban J connectivity index is 1.82. The molecule has 1 amide bonds. The van der Waals surface area contributed by atoms with Gasteiger partial charge in [-0.25, -0.2) is 0 Å². The summed E-state index contributed by atoms with van der Waals surface area (Å²) in [5, 5.41) is 13.0. The third kappa shape index (κ3) is 2.91. The molecule has 0 fully saturated rings. The lowest BCUT2D eigenvalue weighted by molar-refractivity contribution is 0.0628. The van der Waals surface area contributed by atoms with Crippen LogP contribution in [-0.4, -0.2) is 26.9 Å². The molecule has 0 radical (unpaired) electrons. The lowest BCUT2D eigenvalue weighted by Gasteiger charge is -2.33. The zero-order valence-electron chi connectivity index (χ0n) is 16.3. The molecule has 4 aromatic rings. The fourth-order valence-corrected chi connectivity index (χ4v) is 4.09. The summed E-state index contributed by atoms with van der Waals surface area (Å²) in [7, 11) is 0. The van der Waals surface area contributed by atoms with Gasteiger partial charge in [0.1, 0.15) is 5.75 Å². The van der Waals surface area contributed by atoms with E-state index in [1.165, 1.54) is 0 Å². The molecule has 0 saturated carbocycles. The Bertz CT molecular complexity index is 1150. The minimum absolute atomic E-state index is 0.00252. The number of fused-ring (bicyclic) bond motifs is 2. The van der Waals surface area contributed by atoms with Crippen molar-refractivity contribution in [2.24, 2.45) is 0 Å². The second-order valence-corrected chi connectivity index (χ2v) is 7.45. The number of carbonyl (C=O) groups excluding carboxylic acids is 1. The first-order valence-electron chi connectivity index (χ1n) is 9.58. The highest BCUT2D eigenvalue weighted by molar-refractivity contribution is 6.09. The molecule has 1 atom stereocenters. The molecule has 0 bridgehead atoms. The molecule has 4 nitrogen and oxygen atoms in total. The molecule has 4 rings (SSSR count). The van der Waals surface area contributed by atoms with Gasteiger partial charge in [-0.1, -0.05) is 42.5 Å². The third-order valence-corrected chi connectivity index (χ3v) is 5.39. The van der Waals surface area contributed by atoms with Crippen LogP contribution in [0.1, 0.15) is 42.7 Å². The lowest BCUT2D eigenvalue weighted by atomic mass is 9.99. The molecule has 0 spiro atoms. The van der Waals surface area contributed by atoms with Gasteiger partial charge in [-0.15, -0.1) is 0 Å². The molecule has 3 aromatic carbocycles. The molecular formula is C24H24N2O2. The second kappa shape index (κ2) is 7.04. The van der Waals surface area contributed by atoms with Gasteiger partial charge in [-0.05, 0) is 49.9 Å². The standard InChI is InChI=1S/C24H24N2O2/c1-15(2)26(16(3)20-14-25-21-12-5-4-10-18(20)21)24(28)19-11-6-8-17-9-7-13-22(27)23(17)19/h4-16,25,27H,1-3H3/t16-/m0/s1. The molecule has 0 unspecified atom stereocenters. The minimum atomic E-state index is -0.121. The van der Waals surface area contributed by atoms with E-state index in [9.17, 15) is 9.90 Å². The van der Waals surface area contributed by atoms with E-state index in [0.717, 1.165) is 21.9 Å². The van der Waals surface area contributed by atoms with E-state index in [-0.39, 0.29) is 23.7 Å². The number of nitrogens with zero attached hydrogens (tertiary/aromatic N) is 1. The second-order valence-electron chi connectivity index (χ2n) is 7.45. The number of H-pyrrole nitrogens is 1. The Kier molecular flexibility index (Phi) is 4.55. The molecule has 0 aliphatic carbocycles. The van der Waals surface area contributed by atoms with Crippen LogP contribution in [0.15, 0.2) is 66.9 Å². The van der Waals surface area contributed by atoms with Crippen LogP contribution in [0.3, 0.4) is 0 Å². The fourth-order valence-electron chi connectivity index (χ4n) is 4.09. The molecule has 1 aromatic heterocycles. The highest BCUT2D eigenvalue weighted by Gasteiger charge is 2.28. The number of phenolic OH excluding ortho intramolecular Hbond substituents is 1. The lowest BCUT2D eigenvalue weighted by Crippen LogP contribution is -2.39. The largest absolute Gasteiger partial charge is 0.507 e. The number of rotatable bonds is 4. The molecule has 0 saturated heterocycles. The quantitative estimate of drug-likeness (QED) is 0.487. The van der Waals surface area contributed by atoms with E-state index >= 15 is 0 Å². The predicted octanol–water partition coefficient (Wildman–Crippen LogP) is 5.64. The van der Waals surface area contributed by atoms with Crippen molar-refractivity contribution in [1.82, 2.24) is 9.88 Å². The van der Waals surface area contributed by atoms with Gasteiger partial charge < -0.3 is 15.0 Å². The fraction of sp³-hybridized carbons (Fsp3) is 0.208. The molecule has 28 heavy (non-hydrogen) atoms. The van der Waals surface area contributed by atoms with Gasteiger partial charge in [0.2, 0.25) is 0 Å². The molecule has 4 heteroatoms. The monoisotopic (exact) mass is 372 g/mol. The number of hydrogen-bond acceptors (Lipinski definition) is 2. The molecular weight excluding hydrogens is 348 g/mol. The van der Waals surface area contributed by atoms with E-state index in [2.05, 4.69) is 18.0 Å². The van der Waals surface area contributed by atoms with Crippen molar-refractivity contribution in [3.63, 3.8) is 0 Å². The number of benzene rings is 3. The third-order valence-electron chi connectivity index (χ3n) is 5.39. The van der Waals surface area contributed by atoms with E-state index in [4.69, 9.17) is 0 Å². The van der Waals surface area contributed by atoms with Crippen LogP contribution < -0.4 is 0 Å². The summed E-state index contributed by atoms with van der Waals surface area (Å²) in [6.07, 6.45) is 1.98. The number of carbonyl (C=O) groups is 1. The van der Waals surface area contributed by atoms with E-state index in [1.54, 1.807) is 18.2 Å². The maximum atomic E-state index is 13.6. The predicted molar refractivity (Wildman–Crippen MR) is 114 cm³/mol. The van der Waals surface area contributed by atoms with Crippen molar-refractivity contribution in [3.8, 4) is 5.75 Å². The number of phenols is 1.